The van der Waals surface area contributed by atoms with Gasteiger partial charge in [-0.15, -0.1) is 0 Å². The topological polar surface area (TPSA) is 29.0 Å². The van der Waals surface area contributed by atoms with Crippen LogP contribution in [0.2, 0.25) is 0 Å². The van der Waals surface area contributed by atoms with Crippen molar-refractivity contribution < 1.29 is 4.39 Å². The van der Waals surface area contributed by atoms with Crippen molar-refractivity contribution in [1.29, 1.82) is 0 Å². The summed E-state index contributed by atoms with van der Waals surface area (Å²) in [6.45, 7) is 5.35. The van der Waals surface area contributed by atoms with Crippen LogP contribution in [-0.2, 0) is 6.42 Å². The summed E-state index contributed by atoms with van der Waals surface area (Å²) in [6, 6.07) is 7.51. The zero-order valence-corrected chi connectivity index (χ0v) is 14.4. The van der Waals surface area contributed by atoms with Gasteiger partial charge in [-0.3, -0.25) is 0 Å². The summed E-state index contributed by atoms with van der Waals surface area (Å²) in [5, 5.41) is 0. The zero-order chi connectivity index (χ0) is 16.7. The fourth-order valence-electron chi connectivity index (χ4n) is 4.35. The van der Waals surface area contributed by atoms with E-state index in [0.717, 1.165) is 42.3 Å². The Bertz CT molecular complexity index is 741. The molecule has 1 aromatic heterocycles. The Hall–Kier alpha value is -1.97. The van der Waals surface area contributed by atoms with E-state index >= 15 is 0 Å². The van der Waals surface area contributed by atoms with Crippen LogP contribution in [0.15, 0.2) is 24.3 Å². The zero-order valence-electron chi connectivity index (χ0n) is 14.4. The van der Waals surface area contributed by atoms with Gasteiger partial charge in [-0.05, 0) is 56.7 Å². The van der Waals surface area contributed by atoms with Gasteiger partial charge < -0.3 is 4.90 Å². The van der Waals surface area contributed by atoms with Gasteiger partial charge in [-0.1, -0.05) is 19.1 Å². The summed E-state index contributed by atoms with van der Waals surface area (Å²) < 4.78 is 13.3. The Morgan fingerprint density at radius 3 is 2.71 bits per heavy atom. The normalized spacial score (nSPS) is 22.9. The molecule has 1 aliphatic carbocycles. The van der Waals surface area contributed by atoms with Crippen molar-refractivity contribution >= 4 is 5.82 Å². The molecular formula is C20H24FN3. The van der Waals surface area contributed by atoms with E-state index in [-0.39, 0.29) is 11.7 Å². The lowest BCUT2D eigenvalue weighted by Gasteiger charge is -2.27. The molecule has 0 spiro atoms. The number of aryl methyl sites for hydroxylation is 1. The predicted molar refractivity (Wildman–Crippen MR) is 94.0 cm³/mol. The average Bonchev–Trinajstić information content (AvgIpc) is 3.21. The highest BCUT2D eigenvalue weighted by Crippen LogP contribution is 2.42. The van der Waals surface area contributed by atoms with Crippen molar-refractivity contribution in [3.63, 3.8) is 0 Å². The van der Waals surface area contributed by atoms with E-state index in [9.17, 15) is 4.39 Å². The van der Waals surface area contributed by atoms with Gasteiger partial charge in [-0.25, -0.2) is 14.4 Å². The van der Waals surface area contributed by atoms with Gasteiger partial charge in [-0.2, -0.15) is 0 Å². The SMILES string of the molecule is CCC1CCCN1c1nc(C)nc2c1CCC2c1ccc(F)cc1. The van der Waals surface area contributed by atoms with Gasteiger partial charge in [0.05, 0.1) is 5.69 Å². The third-order valence-corrected chi connectivity index (χ3v) is 5.53. The van der Waals surface area contributed by atoms with E-state index in [2.05, 4.69) is 11.8 Å². The van der Waals surface area contributed by atoms with Crippen LogP contribution in [0.1, 0.15) is 61.2 Å². The molecule has 1 saturated heterocycles. The molecule has 2 aliphatic rings. The first-order valence-corrected chi connectivity index (χ1v) is 9.07. The van der Waals surface area contributed by atoms with Crippen molar-refractivity contribution in [3.8, 4) is 0 Å². The van der Waals surface area contributed by atoms with Gasteiger partial charge in [0.15, 0.2) is 0 Å². The van der Waals surface area contributed by atoms with Crippen molar-refractivity contribution in [2.75, 3.05) is 11.4 Å². The predicted octanol–water partition coefficient (Wildman–Crippen LogP) is 4.38. The van der Waals surface area contributed by atoms with Crippen LogP contribution in [0.4, 0.5) is 10.2 Å². The highest BCUT2D eigenvalue weighted by molar-refractivity contribution is 5.55. The van der Waals surface area contributed by atoms with E-state index in [1.165, 1.54) is 24.8 Å². The van der Waals surface area contributed by atoms with Crippen molar-refractivity contribution in [1.82, 2.24) is 9.97 Å². The van der Waals surface area contributed by atoms with Crippen LogP contribution < -0.4 is 4.90 Å². The molecule has 2 heterocycles. The summed E-state index contributed by atoms with van der Waals surface area (Å²) in [4.78, 5) is 12.1. The molecule has 0 amide bonds. The molecule has 4 heteroatoms. The lowest BCUT2D eigenvalue weighted by Crippen LogP contribution is -2.30. The Kier molecular flexibility index (Phi) is 3.99. The number of aromatic nitrogens is 2. The summed E-state index contributed by atoms with van der Waals surface area (Å²) in [6.07, 6.45) is 5.73. The highest BCUT2D eigenvalue weighted by Gasteiger charge is 2.33. The van der Waals surface area contributed by atoms with Gasteiger partial charge in [0.1, 0.15) is 17.5 Å². The number of anilines is 1. The van der Waals surface area contributed by atoms with E-state index in [4.69, 9.17) is 9.97 Å². The summed E-state index contributed by atoms with van der Waals surface area (Å²) >= 11 is 0. The molecular weight excluding hydrogens is 301 g/mol. The molecule has 1 aliphatic heterocycles. The smallest absolute Gasteiger partial charge is 0.136 e. The molecule has 3 nitrogen and oxygen atoms in total. The Morgan fingerprint density at radius 2 is 1.96 bits per heavy atom. The summed E-state index contributed by atoms with van der Waals surface area (Å²) in [5.41, 5.74) is 3.63. The lowest BCUT2D eigenvalue weighted by molar-refractivity contribution is 0.625. The average molecular weight is 325 g/mol. The number of hydrogen-bond donors (Lipinski definition) is 0. The molecule has 2 aromatic rings. The monoisotopic (exact) mass is 325 g/mol. The third-order valence-electron chi connectivity index (χ3n) is 5.53. The second kappa shape index (κ2) is 6.15. The first-order valence-electron chi connectivity index (χ1n) is 9.07. The molecule has 2 atom stereocenters. The number of benzene rings is 1. The highest BCUT2D eigenvalue weighted by atomic mass is 19.1. The van der Waals surface area contributed by atoms with E-state index in [0.29, 0.717) is 6.04 Å². The quantitative estimate of drug-likeness (QED) is 0.838. The lowest BCUT2D eigenvalue weighted by atomic mass is 9.96. The maximum Gasteiger partial charge on any atom is 0.136 e. The molecule has 126 valence electrons. The first-order chi connectivity index (χ1) is 11.7. The van der Waals surface area contributed by atoms with Gasteiger partial charge >= 0.3 is 0 Å². The second-order valence-corrected chi connectivity index (χ2v) is 7.00. The van der Waals surface area contributed by atoms with Crippen LogP contribution in [0.25, 0.3) is 0 Å². The summed E-state index contributed by atoms with van der Waals surface area (Å²) in [5.74, 6) is 2.09. The van der Waals surface area contributed by atoms with Gasteiger partial charge in [0.25, 0.3) is 0 Å². The first kappa shape index (κ1) is 15.6. The Morgan fingerprint density at radius 1 is 1.17 bits per heavy atom. The molecule has 0 bridgehead atoms. The maximum absolute atomic E-state index is 13.3. The van der Waals surface area contributed by atoms with E-state index < -0.39 is 0 Å². The standard InChI is InChI=1S/C20H24FN3/c1-3-16-5-4-12-24(16)20-18-11-10-17(19(18)22-13(2)23-20)14-6-8-15(21)9-7-14/h6-9,16-17H,3-5,10-12H2,1-2H3. The van der Waals surface area contributed by atoms with E-state index in [1.807, 2.05) is 19.1 Å². The Labute approximate surface area is 142 Å². The molecule has 0 radical (unpaired) electrons. The van der Waals surface area contributed by atoms with Crippen molar-refractivity contribution in [2.45, 2.75) is 57.9 Å². The number of rotatable bonds is 3. The molecule has 4 rings (SSSR count). The molecule has 1 aromatic carbocycles. The van der Waals surface area contributed by atoms with Crippen LogP contribution in [-0.4, -0.2) is 22.6 Å². The fourth-order valence-corrected chi connectivity index (χ4v) is 4.35. The minimum atomic E-state index is -0.181. The fraction of sp³-hybridized carbons (Fsp3) is 0.500. The molecule has 0 N–H and O–H groups in total. The molecule has 2 unspecified atom stereocenters. The summed E-state index contributed by atoms with van der Waals surface area (Å²) in [7, 11) is 0. The molecule has 1 fully saturated rings. The maximum atomic E-state index is 13.3. The molecule has 24 heavy (non-hydrogen) atoms. The van der Waals surface area contributed by atoms with Crippen LogP contribution in [0, 0.1) is 12.7 Å². The second-order valence-electron chi connectivity index (χ2n) is 7.00. The van der Waals surface area contributed by atoms with Crippen LogP contribution in [0.3, 0.4) is 0 Å². The third kappa shape index (κ3) is 2.58. The van der Waals surface area contributed by atoms with Crippen LogP contribution in [0.5, 0.6) is 0 Å². The number of nitrogens with zero attached hydrogens (tertiary/aromatic N) is 3. The largest absolute Gasteiger partial charge is 0.353 e. The van der Waals surface area contributed by atoms with Crippen molar-refractivity contribution in [2.24, 2.45) is 0 Å². The van der Waals surface area contributed by atoms with Crippen molar-refractivity contribution in [3.05, 3.63) is 52.7 Å². The van der Waals surface area contributed by atoms with E-state index in [1.54, 1.807) is 12.1 Å². The minimum Gasteiger partial charge on any atom is -0.353 e. The minimum absolute atomic E-state index is 0.181. The van der Waals surface area contributed by atoms with Gasteiger partial charge in [0, 0.05) is 24.1 Å². The van der Waals surface area contributed by atoms with Crippen LogP contribution >= 0.6 is 0 Å². The number of fused-ring (bicyclic) bond motifs is 1. The van der Waals surface area contributed by atoms with Gasteiger partial charge in [0.2, 0.25) is 0 Å². The number of hydrogen-bond acceptors (Lipinski definition) is 3. The Balaban J connectivity index is 1.75. The molecule has 0 saturated carbocycles. The number of halogens is 1.